The Morgan fingerprint density at radius 3 is 2.45 bits per heavy atom. The zero-order valence-corrected chi connectivity index (χ0v) is 17.5. The van der Waals surface area contributed by atoms with E-state index in [4.69, 9.17) is 9.47 Å². The molecule has 1 aromatic carbocycles. The molecule has 1 fully saturated rings. The van der Waals surface area contributed by atoms with Gasteiger partial charge in [0.25, 0.3) is 0 Å². The van der Waals surface area contributed by atoms with Gasteiger partial charge in [-0.15, -0.1) is 11.3 Å². The Hall–Kier alpha value is -3.07. The predicted octanol–water partition coefficient (Wildman–Crippen LogP) is 3.37. The van der Waals surface area contributed by atoms with Crippen LogP contribution in [0.5, 0.6) is 11.5 Å². The van der Waals surface area contributed by atoms with Gasteiger partial charge in [-0.25, -0.2) is 14.8 Å². The lowest BCUT2D eigenvalue weighted by atomic mass is 10.2. The van der Waals surface area contributed by atoms with Gasteiger partial charge in [0.15, 0.2) is 11.5 Å². The summed E-state index contributed by atoms with van der Waals surface area (Å²) in [5.74, 6) is 2.11. The van der Waals surface area contributed by atoms with E-state index < -0.39 is 0 Å². The minimum atomic E-state index is -0.0644. The third-order valence-corrected chi connectivity index (χ3v) is 5.91. The Morgan fingerprint density at radius 1 is 1.07 bits per heavy atom. The average molecular weight is 414 g/mol. The average Bonchev–Trinajstić information content (AvgIpc) is 3.16. The molecule has 0 spiro atoms. The van der Waals surface area contributed by atoms with Crippen LogP contribution in [0, 0.1) is 6.92 Å². The number of nitrogens with one attached hydrogen (secondary N) is 1. The minimum Gasteiger partial charge on any atom is -0.493 e. The van der Waals surface area contributed by atoms with Gasteiger partial charge >= 0.3 is 6.03 Å². The molecular weight excluding hydrogens is 390 g/mol. The smallest absolute Gasteiger partial charge is 0.322 e. The zero-order chi connectivity index (χ0) is 20.4. The summed E-state index contributed by atoms with van der Waals surface area (Å²) in [5, 5.41) is 6.77. The monoisotopic (exact) mass is 413 g/mol. The Labute approximate surface area is 173 Å². The quantitative estimate of drug-likeness (QED) is 0.706. The first kappa shape index (κ1) is 19.3. The van der Waals surface area contributed by atoms with Crippen LogP contribution in [0.2, 0.25) is 0 Å². The van der Waals surface area contributed by atoms with Gasteiger partial charge < -0.3 is 19.3 Å². The normalized spacial score (nSPS) is 14.2. The number of carbonyl (C=O) groups is 1. The Morgan fingerprint density at radius 2 is 1.79 bits per heavy atom. The van der Waals surface area contributed by atoms with E-state index in [2.05, 4.69) is 20.2 Å². The summed E-state index contributed by atoms with van der Waals surface area (Å²) in [6.45, 7) is 4.64. The number of hydrogen-bond donors (Lipinski definition) is 1. The number of fused-ring (bicyclic) bond motifs is 1. The number of rotatable bonds is 4. The molecular formula is C20H23N5O3S. The van der Waals surface area contributed by atoms with Gasteiger partial charge in [0, 0.05) is 37.6 Å². The number of aromatic nitrogens is 2. The maximum Gasteiger partial charge on any atom is 0.322 e. The maximum absolute atomic E-state index is 12.5. The lowest BCUT2D eigenvalue weighted by molar-refractivity contribution is 0.208. The van der Waals surface area contributed by atoms with Gasteiger partial charge in [0.2, 0.25) is 0 Å². The van der Waals surface area contributed by atoms with Crippen LogP contribution < -0.4 is 19.7 Å². The van der Waals surface area contributed by atoms with Gasteiger partial charge in [0.1, 0.15) is 12.1 Å². The number of piperazine rings is 1. The molecule has 152 valence electrons. The second-order valence-electron chi connectivity index (χ2n) is 6.81. The fourth-order valence-electron chi connectivity index (χ4n) is 3.42. The van der Waals surface area contributed by atoms with Crippen molar-refractivity contribution >= 4 is 39.1 Å². The summed E-state index contributed by atoms with van der Waals surface area (Å²) >= 11 is 1.54. The first-order valence-electron chi connectivity index (χ1n) is 9.32. The van der Waals surface area contributed by atoms with Crippen LogP contribution in [0.25, 0.3) is 10.9 Å². The maximum atomic E-state index is 12.5. The van der Waals surface area contributed by atoms with Crippen molar-refractivity contribution in [3.8, 4) is 11.5 Å². The van der Waals surface area contributed by atoms with Crippen molar-refractivity contribution in [2.45, 2.75) is 6.92 Å². The SMILES string of the molecule is COc1cc2ncnc(N3CCN(C(=O)Nc4cc(C)cs4)CC3)c2cc1OC. The lowest BCUT2D eigenvalue weighted by Crippen LogP contribution is -2.50. The highest BCUT2D eigenvalue weighted by molar-refractivity contribution is 7.14. The van der Waals surface area contributed by atoms with Crippen molar-refractivity contribution in [1.82, 2.24) is 14.9 Å². The Balaban J connectivity index is 1.49. The number of benzene rings is 1. The summed E-state index contributed by atoms with van der Waals surface area (Å²) in [6.07, 6.45) is 1.56. The van der Waals surface area contributed by atoms with Crippen LogP contribution in [-0.2, 0) is 0 Å². The molecule has 4 rings (SSSR count). The van der Waals surface area contributed by atoms with E-state index in [0.29, 0.717) is 37.7 Å². The topological polar surface area (TPSA) is 79.8 Å². The molecule has 2 amide bonds. The van der Waals surface area contributed by atoms with Crippen molar-refractivity contribution in [3.63, 3.8) is 0 Å². The molecule has 0 atom stereocenters. The molecule has 3 heterocycles. The number of nitrogens with zero attached hydrogens (tertiary/aromatic N) is 4. The van der Waals surface area contributed by atoms with E-state index >= 15 is 0 Å². The van der Waals surface area contributed by atoms with Crippen LogP contribution in [0.3, 0.4) is 0 Å². The number of urea groups is 1. The molecule has 0 saturated carbocycles. The predicted molar refractivity (Wildman–Crippen MR) is 115 cm³/mol. The lowest BCUT2D eigenvalue weighted by Gasteiger charge is -2.35. The van der Waals surface area contributed by atoms with Crippen LogP contribution in [-0.4, -0.2) is 61.3 Å². The van der Waals surface area contributed by atoms with Crippen LogP contribution in [0.4, 0.5) is 15.6 Å². The second kappa shape index (κ2) is 8.12. The van der Waals surface area contributed by atoms with Gasteiger partial charge in [-0.3, -0.25) is 5.32 Å². The van der Waals surface area contributed by atoms with E-state index in [0.717, 1.165) is 27.3 Å². The molecule has 29 heavy (non-hydrogen) atoms. The van der Waals surface area contributed by atoms with Crippen LogP contribution >= 0.6 is 11.3 Å². The number of thiophene rings is 1. The molecule has 3 aromatic rings. The number of amides is 2. The van der Waals surface area contributed by atoms with Crippen molar-refractivity contribution in [3.05, 3.63) is 35.5 Å². The molecule has 1 N–H and O–H groups in total. The highest BCUT2D eigenvalue weighted by Crippen LogP contribution is 2.35. The standard InChI is InChI=1S/C20H23N5O3S/c1-13-8-18(29-11-13)23-20(26)25-6-4-24(5-7-25)19-14-9-16(27-2)17(28-3)10-15(14)21-12-22-19/h8-12H,4-7H2,1-3H3,(H,23,26). The van der Waals surface area contributed by atoms with Crippen molar-refractivity contribution in [1.29, 1.82) is 0 Å². The fourth-order valence-corrected chi connectivity index (χ4v) is 4.21. The van der Waals surface area contributed by atoms with E-state index in [1.807, 2.05) is 35.4 Å². The van der Waals surface area contributed by atoms with Gasteiger partial charge in [-0.2, -0.15) is 0 Å². The Kier molecular flexibility index (Phi) is 5.39. The Bertz CT molecular complexity index is 1030. The first-order valence-corrected chi connectivity index (χ1v) is 10.2. The van der Waals surface area contributed by atoms with Crippen LogP contribution in [0.1, 0.15) is 5.56 Å². The minimum absolute atomic E-state index is 0.0644. The number of aryl methyl sites for hydroxylation is 1. The molecule has 0 bridgehead atoms. The summed E-state index contributed by atoms with van der Waals surface area (Å²) < 4.78 is 10.8. The first-order chi connectivity index (χ1) is 14.1. The number of carbonyl (C=O) groups excluding carboxylic acids is 1. The largest absolute Gasteiger partial charge is 0.493 e. The van der Waals surface area contributed by atoms with Crippen molar-refractivity contribution in [2.75, 3.05) is 50.6 Å². The molecule has 2 aromatic heterocycles. The summed E-state index contributed by atoms with van der Waals surface area (Å²) in [7, 11) is 3.22. The summed E-state index contributed by atoms with van der Waals surface area (Å²) in [4.78, 5) is 25.4. The second-order valence-corrected chi connectivity index (χ2v) is 7.73. The number of ether oxygens (including phenoxy) is 2. The van der Waals surface area contributed by atoms with Crippen molar-refractivity contribution < 1.29 is 14.3 Å². The summed E-state index contributed by atoms with van der Waals surface area (Å²) in [6, 6.07) is 5.67. The van der Waals surface area contributed by atoms with Gasteiger partial charge in [0.05, 0.1) is 24.7 Å². The van der Waals surface area contributed by atoms with Gasteiger partial charge in [-0.1, -0.05) is 0 Å². The third-order valence-electron chi connectivity index (χ3n) is 4.95. The molecule has 0 unspecified atom stereocenters. The number of anilines is 2. The van der Waals surface area contributed by atoms with E-state index in [1.165, 1.54) is 11.3 Å². The molecule has 0 radical (unpaired) electrons. The van der Waals surface area contributed by atoms with E-state index in [9.17, 15) is 4.79 Å². The highest BCUT2D eigenvalue weighted by atomic mass is 32.1. The molecule has 8 nitrogen and oxygen atoms in total. The molecule has 1 saturated heterocycles. The third kappa shape index (κ3) is 3.91. The summed E-state index contributed by atoms with van der Waals surface area (Å²) in [5.41, 5.74) is 1.94. The molecule has 1 aliphatic rings. The van der Waals surface area contributed by atoms with Gasteiger partial charge in [-0.05, 0) is 30.0 Å². The molecule has 1 aliphatic heterocycles. The number of methoxy groups -OCH3 is 2. The molecule has 0 aliphatic carbocycles. The van der Waals surface area contributed by atoms with E-state index in [-0.39, 0.29) is 6.03 Å². The van der Waals surface area contributed by atoms with Crippen molar-refractivity contribution in [2.24, 2.45) is 0 Å². The fraction of sp³-hybridized carbons (Fsp3) is 0.350. The van der Waals surface area contributed by atoms with E-state index in [1.54, 1.807) is 20.5 Å². The number of hydrogen-bond acceptors (Lipinski definition) is 7. The zero-order valence-electron chi connectivity index (χ0n) is 16.6. The van der Waals surface area contributed by atoms with Crippen LogP contribution in [0.15, 0.2) is 29.9 Å². The highest BCUT2D eigenvalue weighted by Gasteiger charge is 2.24. The molecule has 9 heteroatoms.